The number of aromatic nitrogens is 4. The topological polar surface area (TPSA) is 72.7 Å². The molecule has 0 bridgehead atoms. The number of para-hydroxylation sites is 1. The van der Waals surface area contributed by atoms with E-state index in [1.165, 1.54) is 17.8 Å². The van der Waals surface area contributed by atoms with E-state index in [1.54, 1.807) is 18.2 Å². The molecule has 0 saturated heterocycles. The van der Waals surface area contributed by atoms with Crippen molar-refractivity contribution < 1.29 is 9.18 Å². The Balaban J connectivity index is 1.52. The number of carbonyl (C=O) groups excluding carboxylic acids is 1. The second kappa shape index (κ2) is 8.62. The average Bonchev–Trinajstić information content (AvgIpc) is 3.11. The summed E-state index contributed by atoms with van der Waals surface area (Å²) in [6, 6.07) is 16.2. The molecule has 152 valence electrons. The van der Waals surface area contributed by atoms with Crippen LogP contribution in [-0.2, 0) is 11.3 Å². The van der Waals surface area contributed by atoms with E-state index in [2.05, 4.69) is 15.5 Å². The first-order valence-electron chi connectivity index (χ1n) is 9.45. The molecule has 6 nitrogen and oxygen atoms in total. The van der Waals surface area contributed by atoms with Gasteiger partial charge in [-0.1, -0.05) is 48.2 Å². The predicted molar refractivity (Wildman–Crippen MR) is 115 cm³/mol. The monoisotopic (exact) mass is 421 g/mol. The highest BCUT2D eigenvalue weighted by Gasteiger charge is 2.18. The minimum Gasteiger partial charge on any atom is -0.351 e. The van der Waals surface area contributed by atoms with E-state index in [4.69, 9.17) is 5.10 Å². The minimum atomic E-state index is -0.335. The highest BCUT2D eigenvalue weighted by molar-refractivity contribution is 8.00. The Morgan fingerprint density at radius 3 is 2.57 bits per heavy atom. The summed E-state index contributed by atoms with van der Waals surface area (Å²) in [6.07, 6.45) is 0. The van der Waals surface area contributed by atoms with Gasteiger partial charge in [0.1, 0.15) is 16.4 Å². The van der Waals surface area contributed by atoms with Crippen molar-refractivity contribution in [3.8, 4) is 5.69 Å². The van der Waals surface area contributed by atoms with Crippen molar-refractivity contribution in [3.63, 3.8) is 0 Å². The molecule has 2 aromatic heterocycles. The minimum absolute atomic E-state index is 0.137. The van der Waals surface area contributed by atoms with Gasteiger partial charge in [-0.2, -0.15) is 10.2 Å². The van der Waals surface area contributed by atoms with Crippen LogP contribution in [0.5, 0.6) is 0 Å². The summed E-state index contributed by atoms with van der Waals surface area (Å²) in [7, 11) is 0. The molecule has 4 aromatic rings. The van der Waals surface area contributed by atoms with Crippen molar-refractivity contribution in [2.24, 2.45) is 0 Å². The van der Waals surface area contributed by atoms with Crippen LogP contribution in [0.4, 0.5) is 4.39 Å². The highest BCUT2D eigenvalue weighted by Crippen LogP contribution is 2.29. The van der Waals surface area contributed by atoms with E-state index < -0.39 is 0 Å². The molecule has 30 heavy (non-hydrogen) atoms. The first-order chi connectivity index (χ1) is 14.5. The summed E-state index contributed by atoms with van der Waals surface area (Å²) in [5, 5.41) is 17.5. The first-order valence-corrected chi connectivity index (χ1v) is 10.4. The maximum absolute atomic E-state index is 13.7. The predicted octanol–water partition coefficient (Wildman–Crippen LogP) is 3.98. The van der Waals surface area contributed by atoms with Gasteiger partial charge in [-0.3, -0.25) is 4.79 Å². The van der Waals surface area contributed by atoms with Crippen LogP contribution >= 0.6 is 11.8 Å². The van der Waals surface area contributed by atoms with E-state index in [0.29, 0.717) is 10.6 Å². The fraction of sp³-hybridized carbons (Fsp3) is 0.182. The molecular formula is C22H20FN5OS. The van der Waals surface area contributed by atoms with E-state index in [1.807, 2.05) is 48.9 Å². The van der Waals surface area contributed by atoms with Gasteiger partial charge in [-0.25, -0.2) is 9.07 Å². The first kappa shape index (κ1) is 20.0. The largest absolute Gasteiger partial charge is 0.351 e. The second-order valence-corrected chi connectivity index (χ2v) is 7.77. The zero-order valence-corrected chi connectivity index (χ0v) is 17.4. The molecule has 2 heterocycles. The standard InChI is InChI=1S/C22H20FN5OS/c1-14-20-15(2)28(17-9-4-3-5-10-17)27-21(20)22(26-25-14)30-13-19(29)24-12-16-8-6-7-11-18(16)23/h3-11H,12-13H2,1-2H3,(H,24,29). The van der Waals surface area contributed by atoms with Gasteiger partial charge < -0.3 is 5.32 Å². The number of aryl methyl sites for hydroxylation is 2. The van der Waals surface area contributed by atoms with E-state index in [9.17, 15) is 9.18 Å². The molecule has 1 N–H and O–H groups in total. The van der Waals surface area contributed by atoms with Gasteiger partial charge in [0, 0.05) is 17.5 Å². The molecule has 0 atom stereocenters. The molecule has 0 aliphatic carbocycles. The van der Waals surface area contributed by atoms with Crippen LogP contribution in [0.3, 0.4) is 0 Å². The quantitative estimate of drug-likeness (QED) is 0.477. The fourth-order valence-corrected chi connectivity index (χ4v) is 3.99. The lowest BCUT2D eigenvalue weighted by Crippen LogP contribution is -2.25. The van der Waals surface area contributed by atoms with Crippen LogP contribution in [0, 0.1) is 19.7 Å². The van der Waals surface area contributed by atoms with Gasteiger partial charge in [0.2, 0.25) is 5.91 Å². The molecule has 8 heteroatoms. The SMILES string of the molecule is Cc1nnc(SCC(=O)NCc2ccccc2F)c2nn(-c3ccccc3)c(C)c12. The van der Waals surface area contributed by atoms with Crippen molar-refractivity contribution >= 4 is 28.6 Å². The van der Waals surface area contributed by atoms with Crippen LogP contribution in [0.1, 0.15) is 17.0 Å². The number of hydrogen-bond acceptors (Lipinski definition) is 5. The fourth-order valence-electron chi connectivity index (χ4n) is 3.24. The second-order valence-electron chi connectivity index (χ2n) is 6.80. The summed E-state index contributed by atoms with van der Waals surface area (Å²) in [4.78, 5) is 12.3. The van der Waals surface area contributed by atoms with Gasteiger partial charge >= 0.3 is 0 Å². The van der Waals surface area contributed by atoms with Gasteiger partial charge in [0.25, 0.3) is 0 Å². The number of halogens is 1. The zero-order valence-electron chi connectivity index (χ0n) is 16.6. The number of nitrogens with one attached hydrogen (secondary N) is 1. The Labute approximate surface area is 177 Å². The van der Waals surface area contributed by atoms with Crippen LogP contribution in [0.2, 0.25) is 0 Å². The normalized spacial score (nSPS) is 11.0. The summed E-state index contributed by atoms with van der Waals surface area (Å²) in [6.45, 7) is 4.03. The van der Waals surface area contributed by atoms with Crippen molar-refractivity contribution in [1.82, 2.24) is 25.3 Å². The van der Waals surface area contributed by atoms with Gasteiger partial charge in [0.15, 0.2) is 0 Å². The van der Waals surface area contributed by atoms with Crippen molar-refractivity contribution in [3.05, 3.63) is 77.4 Å². The molecular weight excluding hydrogens is 401 g/mol. The molecule has 0 spiro atoms. The molecule has 0 aliphatic heterocycles. The average molecular weight is 422 g/mol. The van der Waals surface area contributed by atoms with Crippen molar-refractivity contribution in [1.29, 1.82) is 0 Å². The number of benzene rings is 2. The number of rotatable bonds is 6. The van der Waals surface area contributed by atoms with E-state index in [0.717, 1.165) is 28.0 Å². The lowest BCUT2D eigenvalue weighted by atomic mass is 10.2. The summed E-state index contributed by atoms with van der Waals surface area (Å²) >= 11 is 1.27. The maximum Gasteiger partial charge on any atom is 0.230 e. The number of hydrogen-bond donors (Lipinski definition) is 1. The number of thioether (sulfide) groups is 1. The van der Waals surface area contributed by atoms with Crippen LogP contribution in [-0.4, -0.2) is 31.6 Å². The Hall–Kier alpha value is -3.26. The maximum atomic E-state index is 13.7. The molecule has 0 unspecified atom stereocenters. The molecule has 4 rings (SSSR count). The number of amides is 1. The third-order valence-corrected chi connectivity index (χ3v) is 5.70. The van der Waals surface area contributed by atoms with Crippen molar-refractivity contribution in [2.75, 3.05) is 5.75 Å². The van der Waals surface area contributed by atoms with Crippen LogP contribution in [0.15, 0.2) is 59.6 Å². The van der Waals surface area contributed by atoms with E-state index in [-0.39, 0.29) is 24.0 Å². The zero-order chi connectivity index (χ0) is 21.1. The van der Waals surface area contributed by atoms with E-state index >= 15 is 0 Å². The van der Waals surface area contributed by atoms with Gasteiger partial charge in [-0.05, 0) is 32.0 Å². The smallest absolute Gasteiger partial charge is 0.230 e. The summed E-state index contributed by atoms with van der Waals surface area (Å²) in [5.74, 6) is -0.407. The number of nitrogens with zero attached hydrogens (tertiary/aromatic N) is 4. The summed E-state index contributed by atoms with van der Waals surface area (Å²) in [5.41, 5.74) is 3.87. The molecule has 0 radical (unpaired) electrons. The molecule has 2 aromatic carbocycles. The molecule has 0 saturated carbocycles. The van der Waals surface area contributed by atoms with Gasteiger partial charge in [0.05, 0.1) is 22.8 Å². The Morgan fingerprint density at radius 2 is 1.80 bits per heavy atom. The van der Waals surface area contributed by atoms with Crippen molar-refractivity contribution in [2.45, 2.75) is 25.4 Å². The Kier molecular flexibility index (Phi) is 5.76. The third kappa shape index (κ3) is 4.04. The van der Waals surface area contributed by atoms with Gasteiger partial charge in [-0.15, -0.1) is 5.10 Å². The van der Waals surface area contributed by atoms with Crippen LogP contribution < -0.4 is 5.32 Å². The number of fused-ring (bicyclic) bond motifs is 1. The lowest BCUT2D eigenvalue weighted by Gasteiger charge is -2.06. The molecule has 1 amide bonds. The molecule has 0 aliphatic rings. The Morgan fingerprint density at radius 1 is 1.07 bits per heavy atom. The third-order valence-electron chi connectivity index (χ3n) is 4.75. The molecule has 0 fully saturated rings. The van der Waals surface area contributed by atoms with Crippen LogP contribution in [0.25, 0.3) is 16.6 Å². The summed E-state index contributed by atoms with van der Waals surface area (Å²) < 4.78 is 15.6. The highest BCUT2D eigenvalue weighted by atomic mass is 32.2. The Bertz CT molecular complexity index is 1210. The lowest BCUT2D eigenvalue weighted by molar-refractivity contribution is -0.118. The number of carbonyl (C=O) groups is 1.